The maximum Gasteiger partial charge on any atom is 0.236 e. The molecule has 0 radical (unpaired) electrons. The van der Waals surface area contributed by atoms with Crippen LogP contribution in [0.25, 0.3) is 0 Å². The number of benzene rings is 1. The first kappa shape index (κ1) is 13.2. The molecule has 0 fully saturated rings. The number of nitrogens with two attached hydrogens (primary N) is 1. The summed E-state index contributed by atoms with van der Waals surface area (Å²) in [5, 5.41) is 2.87. The van der Waals surface area contributed by atoms with Crippen molar-refractivity contribution in [1.29, 1.82) is 0 Å². The van der Waals surface area contributed by atoms with E-state index in [1.165, 1.54) is 5.56 Å². The molecule has 1 unspecified atom stereocenters. The van der Waals surface area contributed by atoms with E-state index in [0.29, 0.717) is 0 Å². The molecule has 0 saturated carbocycles. The Morgan fingerprint density at radius 3 is 2.62 bits per heavy atom. The third-order valence-corrected chi connectivity index (χ3v) is 3.06. The van der Waals surface area contributed by atoms with Crippen LogP contribution in [0, 0.1) is 0 Å². The van der Waals surface area contributed by atoms with Crippen LogP contribution >= 0.6 is 15.9 Å². The zero-order chi connectivity index (χ0) is 12.1. The molecular formula is C12H17BrN2O. The van der Waals surface area contributed by atoms with Crippen molar-refractivity contribution < 1.29 is 4.79 Å². The van der Waals surface area contributed by atoms with Gasteiger partial charge < -0.3 is 11.1 Å². The van der Waals surface area contributed by atoms with Gasteiger partial charge in [-0.3, -0.25) is 4.79 Å². The van der Waals surface area contributed by atoms with Gasteiger partial charge in [0.25, 0.3) is 0 Å². The van der Waals surface area contributed by atoms with Crippen LogP contribution in [-0.4, -0.2) is 18.0 Å². The highest BCUT2D eigenvalue weighted by atomic mass is 79.9. The zero-order valence-electron chi connectivity index (χ0n) is 9.53. The summed E-state index contributed by atoms with van der Waals surface area (Å²) in [6, 6.07) is 7.62. The molecule has 1 aromatic rings. The molecule has 0 heterocycles. The second kappa shape index (κ2) is 6.01. The van der Waals surface area contributed by atoms with Crippen molar-refractivity contribution in [2.24, 2.45) is 5.73 Å². The predicted molar refractivity (Wildman–Crippen MR) is 69.1 cm³/mol. The van der Waals surface area contributed by atoms with Crippen molar-refractivity contribution in [3.8, 4) is 0 Å². The summed E-state index contributed by atoms with van der Waals surface area (Å²) in [5.41, 5.74) is 6.67. The lowest BCUT2D eigenvalue weighted by Gasteiger charge is -2.16. The number of hydrogen-bond acceptors (Lipinski definition) is 2. The molecule has 88 valence electrons. The minimum absolute atomic E-state index is 0.0807. The smallest absolute Gasteiger partial charge is 0.236 e. The van der Waals surface area contributed by atoms with Crippen molar-refractivity contribution in [3.05, 3.63) is 34.3 Å². The summed E-state index contributed by atoms with van der Waals surface area (Å²) in [7, 11) is 0. The van der Waals surface area contributed by atoms with Crippen LogP contribution < -0.4 is 11.1 Å². The number of nitrogens with one attached hydrogen (secondary N) is 1. The molecule has 16 heavy (non-hydrogen) atoms. The third kappa shape index (κ3) is 3.94. The first-order valence-corrected chi connectivity index (χ1v) is 6.09. The Morgan fingerprint density at radius 1 is 1.44 bits per heavy atom. The fourth-order valence-corrected chi connectivity index (χ4v) is 1.87. The van der Waals surface area contributed by atoms with Crippen LogP contribution in [0.2, 0.25) is 0 Å². The quantitative estimate of drug-likeness (QED) is 0.887. The normalized spacial score (nSPS) is 14.2. The molecular weight excluding hydrogens is 268 g/mol. The molecule has 0 saturated heterocycles. The van der Waals surface area contributed by atoms with Gasteiger partial charge in [-0.15, -0.1) is 0 Å². The third-order valence-electron chi connectivity index (χ3n) is 2.29. The number of hydrogen-bond donors (Lipinski definition) is 2. The van der Waals surface area contributed by atoms with Gasteiger partial charge in [0.1, 0.15) is 0 Å². The van der Waals surface area contributed by atoms with E-state index in [9.17, 15) is 4.79 Å². The summed E-state index contributed by atoms with van der Waals surface area (Å²) in [5.74, 6) is -0.112. The lowest BCUT2D eigenvalue weighted by molar-refractivity contribution is -0.122. The standard InChI is InChI=1S/C12H17BrN2O/c1-8(15-12(16)9(2)14)7-10-5-3-4-6-11(10)13/h3-6,8-9H,7,14H2,1-2H3,(H,15,16)/t8?,9-/m1/s1. The topological polar surface area (TPSA) is 55.1 Å². The SMILES string of the molecule is CC(Cc1ccccc1Br)NC(=O)[C@@H](C)N. The van der Waals surface area contributed by atoms with Gasteiger partial charge in [-0.25, -0.2) is 0 Å². The van der Waals surface area contributed by atoms with Gasteiger partial charge in [0.15, 0.2) is 0 Å². The van der Waals surface area contributed by atoms with Crippen molar-refractivity contribution >= 4 is 21.8 Å². The maximum atomic E-state index is 11.4. The van der Waals surface area contributed by atoms with Crippen LogP contribution in [0.5, 0.6) is 0 Å². The Labute approximate surface area is 105 Å². The van der Waals surface area contributed by atoms with Gasteiger partial charge >= 0.3 is 0 Å². The summed E-state index contributed by atoms with van der Waals surface area (Å²) in [6.07, 6.45) is 0.792. The second-order valence-corrected chi connectivity index (χ2v) is 4.85. The molecule has 0 aliphatic rings. The number of rotatable bonds is 4. The van der Waals surface area contributed by atoms with Gasteiger partial charge in [0.2, 0.25) is 5.91 Å². The Kier molecular flexibility index (Phi) is 4.96. The molecule has 1 aromatic carbocycles. The van der Waals surface area contributed by atoms with E-state index < -0.39 is 6.04 Å². The summed E-state index contributed by atoms with van der Waals surface area (Å²) < 4.78 is 1.07. The average molecular weight is 285 g/mol. The first-order chi connectivity index (χ1) is 7.50. The number of carbonyl (C=O) groups excluding carboxylic acids is 1. The van der Waals surface area contributed by atoms with Crippen molar-refractivity contribution in [3.63, 3.8) is 0 Å². The Bertz CT molecular complexity index is 366. The second-order valence-electron chi connectivity index (χ2n) is 3.99. The van der Waals surface area contributed by atoms with Crippen molar-refractivity contribution in [1.82, 2.24) is 5.32 Å². The summed E-state index contributed by atoms with van der Waals surface area (Å²) in [6.45, 7) is 3.65. The highest BCUT2D eigenvalue weighted by molar-refractivity contribution is 9.10. The molecule has 1 rings (SSSR count). The Balaban J connectivity index is 2.55. The average Bonchev–Trinajstić information content (AvgIpc) is 2.21. The van der Waals surface area contributed by atoms with Crippen molar-refractivity contribution in [2.75, 3.05) is 0 Å². The largest absolute Gasteiger partial charge is 0.352 e. The zero-order valence-corrected chi connectivity index (χ0v) is 11.1. The van der Waals surface area contributed by atoms with Gasteiger partial charge in [0, 0.05) is 10.5 Å². The highest BCUT2D eigenvalue weighted by Gasteiger charge is 2.12. The molecule has 2 atom stereocenters. The van der Waals surface area contributed by atoms with E-state index in [4.69, 9.17) is 5.73 Å². The predicted octanol–water partition coefficient (Wildman–Crippen LogP) is 1.84. The maximum absolute atomic E-state index is 11.4. The monoisotopic (exact) mass is 284 g/mol. The van der Waals surface area contributed by atoms with Crippen LogP contribution in [-0.2, 0) is 11.2 Å². The lowest BCUT2D eigenvalue weighted by Crippen LogP contribution is -2.43. The van der Waals surface area contributed by atoms with Crippen LogP contribution in [0.3, 0.4) is 0 Å². The van der Waals surface area contributed by atoms with E-state index in [2.05, 4.69) is 21.2 Å². The fourth-order valence-electron chi connectivity index (χ4n) is 1.42. The lowest BCUT2D eigenvalue weighted by atomic mass is 10.1. The van der Waals surface area contributed by atoms with Crippen LogP contribution in [0.1, 0.15) is 19.4 Å². The molecule has 0 aliphatic carbocycles. The summed E-state index contributed by atoms with van der Waals surface area (Å²) in [4.78, 5) is 11.4. The van der Waals surface area contributed by atoms with Gasteiger partial charge in [-0.05, 0) is 31.9 Å². The molecule has 4 heteroatoms. The van der Waals surface area contributed by atoms with Gasteiger partial charge in [0.05, 0.1) is 6.04 Å². The molecule has 3 nitrogen and oxygen atoms in total. The molecule has 0 aromatic heterocycles. The van der Waals surface area contributed by atoms with Gasteiger partial charge in [-0.1, -0.05) is 34.1 Å². The van der Waals surface area contributed by atoms with E-state index in [1.54, 1.807) is 6.92 Å². The van der Waals surface area contributed by atoms with Gasteiger partial charge in [-0.2, -0.15) is 0 Å². The number of carbonyl (C=O) groups is 1. The molecule has 3 N–H and O–H groups in total. The van der Waals surface area contributed by atoms with Crippen LogP contribution in [0.15, 0.2) is 28.7 Å². The molecule has 0 bridgehead atoms. The van der Waals surface area contributed by atoms with E-state index in [-0.39, 0.29) is 11.9 Å². The fraction of sp³-hybridized carbons (Fsp3) is 0.417. The van der Waals surface area contributed by atoms with E-state index in [0.717, 1.165) is 10.9 Å². The van der Waals surface area contributed by atoms with Crippen molar-refractivity contribution in [2.45, 2.75) is 32.4 Å². The molecule has 0 aliphatic heterocycles. The first-order valence-electron chi connectivity index (χ1n) is 5.30. The highest BCUT2D eigenvalue weighted by Crippen LogP contribution is 2.17. The van der Waals surface area contributed by atoms with E-state index >= 15 is 0 Å². The Morgan fingerprint density at radius 2 is 2.06 bits per heavy atom. The molecule has 0 spiro atoms. The summed E-state index contributed by atoms with van der Waals surface area (Å²) >= 11 is 3.48. The number of halogens is 1. The van der Waals surface area contributed by atoms with E-state index in [1.807, 2.05) is 31.2 Å². The Hall–Kier alpha value is -0.870. The minimum Gasteiger partial charge on any atom is -0.352 e. The minimum atomic E-state index is -0.457. The molecule has 1 amide bonds. The van der Waals surface area contributed by atoms with Crippen LogP contribution in [0.4, 0.5) is 0 Å². The number of amides is 1.